The summed E-state index contributed by atoms with van der Waals surface area (Å²) in [5.41, 5.74) is 0.565. The van der Waals surface area contributed by atoms with Crippen LogP contribution in [0.1, 0.15) is 15.9 Å². The largest absolute Gasteiger partial charge is 0.288 e. The molecular weight excluding hydrogens is 359 g/mol. The monoisotopic (exact) mass is 362 g/mol. The van der Waals surface area contributed by atoms with Gasteiger partial charge in [-0.1, -0.05) is 15.9 Å². The number of rotatable bonds is 2. The molecule has 0 aliphatic rings. The van der Waals surface area contributed by atoms with Gasteiger partial charge in [-0.3, -0.25) is 4.79 Å². The number of carbonyl (C=O) groups is 1. The number of benzene rings is 1. The van der Waals surface area contributed by atoms with E-state index in [0.717, 1.165) is 0 Å². The number of thiophene rings is 1. The van der Waals surface area contributed by atoms with E-state index in [-0.39, 0.29) is 11.3 Å². The molecule has 82 valence electrons. The standard InChI is InChI=1S/C11H5Br2FOS/c12-6-1-2-10(14)7(3-6)11(15)8-4-16-5-9(8)13/h1-5H. The van der Waals surface area contributed by atoms with E-state index in [1.54, 1.807) is 16.8 Å². The minimum absolute atomic E-state index is 0.0773. The second kappa shape index (κ2) is 4.77. The zero-order valence-corrected chi connectivity index (χ0v) is 11.8. The quantitative estimate of drug-likeness (QED) is 0.710. The first-order valence-electron chi connectivity index (χ1n) is 4.31. The van der Waals surface area contributed by atoms with E-state index in [0.29, 0.717) is 14.5 Å². The number of halogens is 3. The molecule has 0 amide bonds. The Morgan fingerprint density at radius 1 is 1.19 bits per heavy atom. The van der Waals surface area contributed by atoms with Crippen molar-refractivity contribution in [3.8, 4) is 0 Å². The molecule has 0 unspecified atom stereocenters. The van der Waals surface area contributed by atoms with Gasteiger partial charge in [0.15, 0.2) is 5.78 Å². The van der Waals surface area contributed by atoms with Crippen LogP contribution in [0.4, 0.5) is 4.39 Å². The predicted molar refractivity (Wildman–Crippen MR) is 69.6 cm³/mol. The SMILES string of the molecule is O=C(c1cc(Br)ccc1F)c1cscc1Br. The van der Waals surface area contributed by atoms with Crippen LogP contribution in [0.15, 0.2) is 37.9 Å². The molecule has 1 heterocycles. The second-order valence-electron chi connectivity index (χ2n) is 3.09. The lowest BCUT2D eigenvalue weighted by Gasteiger charge is -2.02. The highest BCUT2D eigenvalue weighted by atomic mass is 79.9. The van der Waals surface area contributed by atoms with Crippen molar-refractivity contribution in [3.63, 3.8) is 0 Å². The Balaban J connectivity index is 2.49. The third-order valence-electron chi connectivity index (χ3n) is 2.03. The number of hydrogen-bond donors (Lipinski definition) is 0. The molecule has 0 aliphatic carbocycles. The molecule has 0 saturated heterocycles. The second-order valence-corrected chi connectivity index (χ2v) is 5.60. The van der Waals surface area contributed by atoms with E-state index in [1.807, 2.05) is 0 Å². The molecule has 1 aromatic heterocycles. The van der Waals surface area contributed by atoms with E-state index >= 15 is 0 Å². The molecule has 16 heavy (non-hydrogen) atoms. The van der Waals surface area contributed by atoms with Gasteiger partial charge < -0.3 is 0 Å². The normalized spacial score (nSPS) is 10.4. The minimum atomic E-state index is -0.508. The summed E-state index contributed by atoms with van der Waals surface area (Å²) in [6.45, 7) is 0. The molecule has 2 aromatic rings. The first-order valence-corrected chi connectivity index (χ1v) is 6.84. The fraction of sp³-hybridized carbons (Fsp3) is 0. The Morgan fingerprint density at radius 2 is 1.94 bits per heavy atom. The molecule has 0 N–H and O–H groups in total. The van der Waals surface area contributed by atoms with Crippen LogP contribution in [0, 0.1) is 5.82 Å². The van der Waals surface area contributed by atoms with Gasteiger partial charge in [-0.15, -0.1) is 0 Å². The van der Waals surface area contributed by atoms with E-state index in [1.165, 1.54) is 23.5 Å². The van der Waals surface area contributed by atoms with Gasteiger partial charge in [0.2, 0.25) is 0 Å². The van der Waals surface area contributed by atoms with Crippen molar-refractivity contribution in [2.24, 2.45) is 0 Å². The average molecular weight is 364 g/mol. The zero-order chi connectivity index (χ0) is 11.7. The minimum Gasteiger partial charge on any atom is -0.288 e. The molecule has 1 aromatic carbocycles. The van der Waals surface area contributed by atoms with Crippen LogP contribution in [0.25, 0.3) is 0 Å². The molecular formula is C11H5Br2FOS. The third kappa shape index (κ3) is 2.26. The van der Waals surface area contributed by atoms with Gasteiger partial charge in [-0.2, -0.15) is 11.3 Å². The summed E-state index contributed by atoms with van der Waals surface area (Å²) in [7, 11) is 0. The Kier molecular flexibility index (Phi) is 3.56. The molecule has 0 aliphatic heterocycles. The van der Waals surface area contributed by atoms with Gasteiger partial charge in [-0.05, 0) is 34.1 Å². The molecule has 0 radical (unpaired) electrons. The van der Waals surface area contributed by atoms with Crippen LogP contribution >= 0.6 is 43.2 Å². The lowest BCUT2D eigenvalue weighted by atomic mass is 10.1. The molecule has 2 rings (SSSR count). The summed E-state index contributed by atoms with van der Waals surface area (Å²) in [5, 5.41) is 3.50. The van der Waals surface area contributed by atoms with Crippen LogP contribution < -0.4 is 0 Å². The maximum absolute atomic E-state index is 13.5. The van der Waals surface area contributed by atoms with E-state index in [2.05, 4.69) is 31.9 Å². The first kappa shape index (κ1) is 12.0. The van der Waals surface area contributed by atoms with Gasteiger partial charge >= 0.3 is 0 Å². The van der Waals surface area contributed by atoms with Gasteiger partial charge in [0, 0.05) is 25.3 Å². The van der Waals surface area contributed by atoms with Crippen molar-refractivity contribution >= 4 is 49.0 Å². The van der Waals surface area contributed by atoms with Crippen molar-refractivity contribution in [2.75, 3.05) is 0 Å². The van der Waals surface area contributed by atoms with Crippen molar-refractivity contribution in [1.29, 1.82) is 0 Å². The molecule has 0 atom stereocenters. The highest BCUT2D eigenvalue weighted by molar-refractivity contribution is 9.10. The van der Waals surface area contributed by atoms with Crippen LogP contribution in [-0.2, 0) is 0 Å². The maximum Gasteiger partial charge on any atom is 0.197 e. The topological polar surface area (TPSA) is 17.1 Å². The number of hydrogen-bond acceptors (Lipinski definition) is 2. The summed E-state index contributed by atoms with van der Waals surface area (Å²) in [6.07, 6.45) is 0. The van der Waals surface area contributed by atoms with Gasteiger partial charge in [0.05, 0.1) is 5.56 Å². The summed E-state index contributed by atoms with van der Waals surface area (Å²) in [6, 6.07) is 4.33. The van der Waals surface area contributed by atoms with Gasteiger partial charge in [-0.25, -0.2) is 4.39 Å². The molecule has 0 fully saturated rings. The fourth-order valence-corrected chi connectivity index (χ4v) is 3.08. The Labute approximate surface area is 113 Å². The van der Waals surface area contributed by atoms with Crippen LogP contribution in [-0.4, -0.2) is 5.78 Å². The molecule has 5 heteroatoms. The lowest BCUT2D eigenvalue weighted by molar-refractivity contribution is 0.103. The Morgan fingerprint density at radius 3 is 2.56 bits per heavy atom. The van der Waals surface area contributed by atoms with Crippen LogP contribution in [0.5, 0.6) is 0 Å². The number of carbonyl (C=O) groups excluding carboxylic acids is 1. The fourth-order valence-electron chi connectivity index (χ4n) is 1.26. The van der Waals surface area contributed by atoms with Crippen LogP contribution in [0.2, 0.25) is 0 Å². The smallest absolute Gasteiger partial charge is 0.197 e. The average Bonchev–Trinajstić information content (AvgIpc) is 2.67. The third-order valence-corrected chi connectivity index (χ3v) is 4.23. The van der Waals surface area contributed by atoms with Gasteiger partial charge in [0.1, 0.15) is 5.82 Å². The maximum atomic E-state index is 13.5. The number of ketones is 1. The molecule has 0 spiro atoms. The van der Waals surface area contributed by atoms with Crippen LogP contribution in [0.3, 0.4) is 0 Å². The van der Waals surface area contributed by atoms with Crippen molar-refractivity contribution in [1.82, 2.24) is 0 Å². The predicted octanol–water partition coefficient (Wildman–Crippen LogP) is 4.64. The van der Waals surface area contributed by atoms with Crippen molar-refractivity contribution in [2.45, 2.75) is 0 Å². The Hall–Kier alpha value is -0.520. The summed E-state index contributed by atoms with van der Waals surface area (Å²) in [5.74, 6) is -0.821. The summed E-state index contributed by atoms with van der Waals surface area (Å²) in [4.78, 5) is 12.0. The summed E-state index contributed by atoms with van der Waals surface area (Å²) < 4.78 is 14.9. The summed E-state index contributed by atoms with van der Waals surface area (Å²) >= 11 is 7.88. The molecule has 1 nitrogen and oxygen atoms in total. The van der Waals surface area contributed by atoms with Crippen molar-refractivity contribution < 1.29 is 9.18 Å². The zero-order valence-electron chi connectivity index (χ0n) is 7.84. The van der Waals surface area contributed by atoms with Gasteiger partial charge in [0.25, 0.3) is 0 Å². The first-order chi connectivity index (χ1) is 7.59. The molecule has 0 saturated carbocycles. The van der Waals surface area contributed by atoms with Crippen molar-refractivity contribution in [3.05, 3.63) is 54.8 Å². The van der Waals surface area contributed by atoms with E-state index < -0.39 is 5.82 Å². The lowest BCUT2D eigenvalue weighted by Crippen LogP contribution is -2.03. The molecule has 0 bridgehead atoms. The van der Waals surface area contributed by atoms with E-state index in [4.69, 9.17) is 0 Å². The highest BCUT2D eigenvalue weighted by Gasteiger charge is 2.17. The Bertz CT molecular complexity index is 551. The highest BCUT2D eigenvalue weighted by Crippen LogP contribution is 2.26. The van der Waals surface area contributed by atoms with E-state index in [9.17, 15) is 9.18 Å².